The molecule has 10 rings (SSSR count). The number of hydrogen-bond acceptors (Lipinski definition) is 2. The van der Waals surface area contributed by atoms with Gasteiger partial charge in [-0.15, -0.1) is 0 Å². The van der Waals surface area contributed by atoms with Crippen LogP contribution < -0.4 is 5.46 Å². The van der Waals surface area contributed by atoms with Gasteiger partial charge in [-0.2, -0.15) is 0 Å². The Morgan fingerprint density at radius 1 is 0.310 bits per heavy atom. The predicted octanol–water partition coefficient (Wildman–Crippen LogP) is 14.5. The van der Waals surface area contributed by atoms with Gasteiger partial charge in [0.1, 0.15) is 0 Å². The van der Waals surface area contributed by atoms with E-state index in [9.17, 15) is 0 Å². The average molecular weight is 990 g/mol. The third-order valence-electron chi connectivity index (χ3n) is 10.2. The normalized spacial score (nSPS) is 10.8. The summed E-state index contributed by atoms with van der Waals surface area (Å²) in [5.74, 6) is 0. The quantitative estimate of drug-likeness (QED) is 0.105. The van der Waals surface area contributed by atoms with Crippen LogP contribution in [0.2, 0.25) is 0 Å². The summed E-state index contributed by atoms with van der Waals surface area (Å²) in [4.78, 5) is 0. The van der Waals surface area contributed by atoms with Gasteiger partial charge in [-0.3, -0.25) is 0 Å². The van der Waals surface area contributed by atoms with Crippen molar-refractivity contribution in [1.29, 1.82) is 0 Å². The summed E-state index contributed by atoms with van der Waals surface area (Å²) in [5.41, 5.74) is 8.22. The number of rotatable bonds is 4. The first kappa shape index (κ1) is 39.7. The van der Waals surface area contributed by atoms with E-state index in [0.29, 0.717) is 5.46 Å². The Labute approximate surface area is 369 Å². The summed E-state index contributed by atoms with van der Waals surface area (Å²) in [7, 11) is -1.37. The molecule has 0 heterocycles. The van der Waals surface area contributed by atoms with Crippen molar-refractivity contribution in [2.45, 2.75) is 0 Å². The van der Waals surface area contributed by atoms with Gasteiger partial charge >= 0.3 is 7.12 Å². The lowest BCUT2D eigenvalue weighted by Gasteiger charge is -2.17. The summed E-state index contributed by atoms with van der Waals surface area (Å²) < 4.78 is 3.36. The Kier molecular flexibility index (Phi) is 12.5. The van der Waals surface area contributed by atoms with E-state index in [1.54, 1.807) is 24.3 Å². The van der Waals surface area contributed by atoms with E-state index in [4.69, 9.17) is 10.0 Å². The van der Waals surface area contributed by atoms with E-state index in [0.717, 1.165) is 8.95 Å². The standard InChI is InChI=1S/C26H17Br.C20H13I.C6H6BBrO2/c27-20-16-14-19(15-17-20)26-23-12-6-4-10-21(23)25(18-8-2-1-3-9-18)22-11-5-7-13-24(22)26;21-20-17-12-6-4-10-15(17)19(14-8-2-1-3-9-14)16-11-5-7-13-18(16)20;8-6-3-1-5(2-4-6)7(9)10/h1-17H;1-13H;1-4,9-10H. The van der Waals surface area contributed by atoms with Crippen LogP contribution in [0.15, 0.2) is 215 Å². The molecule has 2 nitrogen and oxygen atoms in total. The topological polar surface area (TPSA) is 40.5 Å². The molecular weight excluding hydrogens is 954 g/mol. The minimum absolute atomic E-state index is 0.503. The second-order valence-corrected chi connectivity index (χ2v) is 16.7. The number of benzene rings is 10. The van der Waals surface area contributed by atoms with E-state index in [-0.39, 0.29) is 0 Å². The van der Waals surface area contributed by atoms with Crippen molar-refractivity contribution in [3.63, 3.8) is 0 Å². The molecule has 280 valence electrons. The number of fused-ring (bicyclic) bond motifs is 4. The van der Waals surface area contributed by atoms with Crippen molar-refractivity contribution in [2.75, 3.05) is 0 Å². The molecule has 0 spiro atoms. The zero-order valence-corrected chi connectivity index (χ0v) is 36.6. The molecule has 0 radical (unpaired) electrons. The Balaban J connectivity index is 0.000000134. The van der Waals surface area contributed by atoms with Crippen LogP contribution in [0, 0.1) is 3.57 Å². The summed E-state index contributed by atoms with van der Waals surface area (Å²) in [6.07, 6.45) is 0. The second-order valence-electron chi connectivity index (χ2n) is 13.8. The van der Waals surface area contributed by atoms with Crippen LogP contribution in [0.3, 0.4) is 0 Å². The maximum Gasteiger partial charge on any atom is 0.488 e. The van der Waals surface area contributed by atoms with E-state index in [1.165, 1.54) is 80.0 Å². The van der Waals surface area contributed by atoms with Crippen molar-refractivity contribution in [3.8, 4) is 33.4 Å². The van der Waals surface area contributed by atoms with Crippen LogP contribution in [0.4, 0.5) is 0 Å². The molecule has 0 aliphatic rings. The van der Waals surface area contributed by atoms with Crippen molar-refractivity contribution in [1.82, 2.24) is 0 Å². The SMILES string of the molecule is Brc1ccc(-c2c3ccccc3c(-c3ccccc3)c3ccccc23)cc1.Ic1c2ccccc2c(-c2ccccc2)c2ccccc12.OB(O)c1ccc(Br)cc1. The molecule has 0 unspecified atom stereocenters. The highest BCUT2D eigenvalue weighted by atomic mass is 127. The molecular formula is C52H36BBr2IO2. The first-order chi connectivity index (χ1) is 28.4. The Bertz CT molecular complexity index is 2880. The molecule has 0 fully saturated rings. The third-order valence-corrected chi connectivity index (χ3v) is 12.4. The fraction of sp³-hybridized carbons (Fsp3) is 0. The van der Waals surface area contributed by atoms with Crippen molar-refractivity contribution in [3.05, 3.63) is 219 Å². The van der Waals surface area contributed by atoms with Gasteiger partial charge in [-0.1, -0.05) is 214 Å². The molecule has 10 aromatic rings. The molecule has 0 saturated heterocycles. The third kappa shape index (κ3) is 8.40. The van der Waals surface area contributed by atoms with Gasteiger partial charge in [-0.05, 0) is 129 Å². The van der Waals surface area contributed by atoms with E-state index in [1.807, 2.05) is 0 Å². The molecule has 2 N–H and O–H groups in total. The maximum atomic E-state index is 8.65. The average Bonchev–Trinajstić information content (AvgIpc) is 3.27. The summed E-state index contributed by atoms with van der Waals surface area (Å²) in [6.45, 7) is 0. The van der Waals surface area contributed by atoms with Crippen LogP contribution in [0.1, 0.15) is 0 Å². The lowest BCUT2D eigenvalue weighted by Crippen LogP contribution is -2.29. The van der Waals surface area contributed by atoms with Gasteiger partial charge in [0.2, 0.25) is 0 Å². The smallest absolute Gasteiger partial charge is 0.423 e. The number of halogens is 3. The Morgan fingerprint density at radius 2 is 0.569 bits per heavy atom. The van der Waals surface area contributed by atoms with Gasteiger partial charge < -0.3 is 10.0 Å². The van der Waals surface area contributed by atoms with Gasteiger partial charge in [-0.25, -0.2) is 0 Å². The first-order valence-corrected chi connectivity index (χ1v) is 21.6. The highest BCUT2D eigenvalue weighted by Gasteiger charge is 2.16. The van der Waals surface area contributed by atoms with Gasteiger partial charge in [0.25, 0.3) is 0 Å². The van der Waals surface area contributed by atoms with Crippen LogP contribution in [-0.4, -0.2) is 17.2 Å². The number of hydrogen-bond donors (Lipinski definition) is 2. The van der Waals surface area contributed by atoms with Crippen LogP contribution in [0.25, 0.3) is 76.5 Å². The lowest BCUT2D eigenvalue weighted by molar-refractivity contribution is 0.426. The van der Waals surface area contributed by atoms with Crippen molar-refractivity contribution in [2.24, 2.45) is 0 Å². The van der Waals surface area contributed by atoms with Crippen LogP contribution >= 0.6 is 54.5 Å². The second kappa shape index (κ2) is 18.2. The molecule has 0 atom stereocenters. The molecule has 0 saturated carbocycles. The Hall–Kier alpha value is -5.09. The lowest BCUT2D eigenvalue weighted by atomic mass is 9.81. The predicted molar refractivity (Wildman–Crippen MR) is 264 cm³/mol. The van der Waals surface area contributed by atoms with E-state index >= 15 is 0 Å². The minimum atomic E-state index is -1.37. The molecule has 0 aliphatic carbocycles. The molecule has 6 heteroatoms. The van der Waals surface area contributed by atoms with Gasteiger partial charge in [0, 0.05) is 12.5 Å². The molecule has 58 heavy (non-hydrogen) atoms. The van der Waals surface area contributed by atoms with Gasteiger partial charge in [0.05, 0.1) is 0 Å². The highest BCUT2D eigenvalue weighted by molar-refractivity contribution is 14.1. The minimum Gasteiger partial charge on any atom is -0.423 e. The molecule has 0 bridgehead atoms. The maximum absolute atomic E-state index is 8.65. The molecule has 0 amide bonds. The van der Waals surface area contributed by atoms with Gasteiger partial charge in [0.15, 0.2) is 0 Å². The fourth-order valence-electron chi connectivity index (χ4n) is 7.60. The molecule has 0 aliphatic heterocycles. The fourth-order valence-corrected chi connectivity index (χ4v) is 9.07. The van der Waals surface area contributed by atoms with Crippen LogP contribution in [0.5, 0.6) is 0 Å². The first-order valence-electron chi connectivity index (χ1n) is 18.9. The zero-order chi connectivity index (χ0) is 40.0. The van der Waals surface area contributed by atoms with E-state index < -0.39 is 7.12 Å². The molecule has 10 aromatic carbocycles. The largest absolute Gasteiger partial charge is 0.488 e. The molecule has 0 aromatic heterocycles. The monoisotopic (exact) mass is 988 g/mol. The highest BCUT2D eigenvalue weighted by Crippen LogP contribution is 2.44. The summed E-state index contributed by atoms with van der Waals surface area (Å²) in [6, 6.07) is 71.7. The van der Waals surface area contributed by atoms with E-state index in [2.05, 4.69) is 236 Å². The zero-order valence-electron chi connectivity index (χ0n) is 31.2. The summed E-state index contributed by atoms with van der Waals surface area (Å²) >= 11 is 9.26. The van der Waals surface area contributed by atoms with Crippen molar-refractivity contribution >= 4 is 110 Å². The van der Waals surface area contributed by atoms with Crippen LogP contribution in [-0.2, 0) is 0 Å². The Morgan fingerprint density at radius 3 is 0.897 bits per heavy atom. The van der Waals surface area contributed by atoms with Crippen molar-refractivity contribution < 1.29 is 10.0 Å². The summed E-state index contributed by atoms with van der Waals surface area (Å²) in [5, 5.41) is 27.8.